The van der Waals surface area contributed by atoms with Gasteiger partial charge in [0.05, 0.1) is 5.54 Å². The number of aromatic amines is 1. The lowest BCUT2D eigenvalue weighted by Crippen LogP contribution is -2.55. The van der Waals surface area contributed by atoms with Gasteiger partial charge in [-0.25, -0.2) is 8.78 Å². The maximum Gasteiger partial charge on any atom is 0.252 e. The summed E-state index contributed by atoms with van der Waals surface area (Å²) in [7, 11) is 0. The Morgan fingerprint density at radius 3 is 2.50 bits per heavy atom. The first-order valence-corrected chi connectivity index (χ1v) is 5.24. The van der Waals surface area contributed by atoms with Crippen LogP contribution in [0.5, 0.6) is 0 Å². The number of benzene rings is 1. The van der Waals surface area contributed by atoms with Crippen molar-refractivity contribution < 1.29 is 8.78 Å². The molecule has 2 aromatic rings. The highest BCUT2D eigenvalue weighted by Crippen LogP contribution is 2.49. The number of para-hydroxylation sites is 1. The summed E-state index contributed by atoms with van der Waals surface area (Å²) < 4.78 is 25.8. The molecule has 3 rings (SSSR count). The molecule has 1 aliphatic rings. The SMILES string of the molecule is NC1(c2cc3ccccc3[nH]2)CC(F)(F)C1. The molecule has 1 aromatic carbocycles. The molecule has 1 aliphatic carbocycles. The lowest BCUT2D eigenvalue weighted by molar-refractivity contribution is -0.126. The van der Waals surface area contributed by atoms with Gasteiger partial charge >= 0.3 is 0 Å². The molecule has 0 amide bonds. The summed E-state index contributed by atoms with van der Waals surface area (Å²) in [4.78, 5) is 3.12. The second-order valence-corrected chi connectivity index (χ2v) is 4.64. The van der Waals surface area contributed by atoms with Gasteiger partial charge in [-0.2, -0.15) is 0 Å². The van der Waals surface area contributed by atoms with Gasteiger partial charge in [0.15, 0.2) is 0 Å². The summed E-state index contributed by atoms with van der Waals surface area (Å²) in [5, 5.41) is 1.01. The maximum absolute atomic E-state index is 12.9. The van der Waals surface area contributed by atoms with Crippen LogP contribution in [0.4, 0.5) is 8.78 Å². The molecule has 0 aliphatic heterocycles. The van der Waals surface area contributed by atoms with E-state index in [1.807, 2.05) is 30.3 Å². The van der Waals surface area contributed by atoms with Crippen LogP contribution < -0.4 is 5.73 Å². The topological polar surface area (TPSA) is 41.8 Å². The van der Waals surface area contributed by atoms with Crippen LogP contribution in [0, 0.1) is 0 Å². The molecule has 3 N–H and O–H groups in total. The van der Waals surface area contributed by atoms with Crippen LogP contribution in [0.3, 0.4) is 0 Å². The Morgan fingerprint density at radius 1 is 1.19 bits per heavy atom. The number of rotatable bonds is 1. The molecular weight excluding hydrogens is 210 g/mol. The minimum atomic E-state index is -2.61. The van der Waals surface area contributed by atoms with Gasteiger partial charge in [-0.15, -0.1) is 0 Å². The minimum Gasteiger partial charge on any atom is -0.357 e. The highest BCUT2D eigenvalue weighted by atomic mass is 19.3. The summed E-state index contributed by atoms with van der Waals surface area (Å²) in [6, 6.07) is 9.54. The van der Waals surface area contributed by atoms with Gasteiger partial charge in [0.1, 0.15) is 0 Å². The molecule has 0 atom stereocenters. The van der Waals surface area contributed by atoms with Crippen LogP contribution in [-0.4, -0.2) is 10.9 Å². The summed E-state index contributed by atoms with van der Waals surface area (Å²) >= 11 is 0. The van der Waals surface area contributed by atoms with Gasteiger partial charge in [0.2, 0.25) is 0 Å². The molecule has 0 bridgehead atoms. The van der Waals surface area contributed by atoms with Gasteiger partial charge < -0.3 is 10.7 Å². The Morgan fingerprint density at radius 2 is 1.88 bits per heavy atom. The molecule has 1 aromatic heterocycles. The van der Waals surface area contributed by atoms with Gasteiger partial charge in [-0.05, 0) is 17.5 Å². The highest BCUT2D eigenvalue weighted by molar-refractivity contribution is 5.80. The van der Waals surface area contributed by atoms with E-state index in [1.54, 1.807) is 0 Å². The fourth-order valence-corrected chi connectivity index (χ4v) is 2.40. The molecule has 0 saturated heterocycles. The van der Waals surface area contributed by atoms with E-state index in [2.05, 4.69) is 4.98 Å². The van der Waals surface area contributed by atoms with Crippen molar-refractivity contribution in [2.24, 2.45) is 5.73 Å². The lowest BCUT2D eigenvalue weighted by atomic mass is 9.72. The van der Waals surface area contributed by atoms with Crippen LogP contribution >= 0.6 is 0 Å². The predicted octanol–water partition coefficient (Wildman–Crippen LogP) is 2.75. The Kier molecular flexibility index (Phi) is 1.73. The maximum atomic E-state index is 12.9. The van der Waals surface area contributed by atoms with E-state index < -0.39 is 11.5 Å². The van der Waals surface area contributed by atoms with Crippen LogP contribution in [0.15, 0.2) is 30.3 Å². The third-order valence-corrected chi connectivity index (χ3v) is 3.21. The van der Waals surface area contributed by atoms with Gasteiger partial charge in [-0.3, -0.25) is 0 Å². The van der Waals surface area contributed by atoms with Crippen molar-refractivity contribution in [3.8, 4) is 0 Å². The second-order valence-electron chi connectivity index (χ2n) is 4.64. The molecule has 1 heterocycles. The number of aromatic nitrogens is 1. The number of nitrogens with two attached hydrogens (primary N) is 1. The number of alkyl halides is 2. The zero-order chi connectivity index (χ0) is 11.4. The number of fused-ring (bicyclic) bond motifs is 1. The third kappa shape index (κ3) is 1.33. The van der Waals surface area contributed by atoms with Gasteiger partial charge in [0, 0.05) is 24.1 Å². The van der Waals surface area contributed by atoms with Crippen LogP contribution in [0.1, 0.15) is 18.5 Å². The van der Waals surface area contributed by atoms with Crippen molar-refractivity contribution >= 4 is 10.9 Å². The summed E-state index contributed by atoms with van der Waals surface area (Å²) in [5.74, 6) is -2.61. The van der Waals surface area contributed by atoms with Crippen LogP contribution in [-0.2, 0) is 5.54 Å². The standard InChI is InChI=1S/C12H12F2N2/c13-12(14)6-11(15,7-12)10-5-8-3-1-2-4-9(8)16-10/h1-5,16H,6-7,15H2. The number of nitrogens with one attached hydrogen (secondary N) is 1. The van der Waals surface area contributed by atoms with Crippen molar-refractivity contribution in [3.05, 3.63) is 36.0 Å². The number of hydrogen-bond donors (Lipinski definition) is 2. The third-order valence-electron chi connectivity index (χ3n) is 3.21. The Balaban J connectivity index is 2.01. The van der Waals surface area contributed by atoms with Crippen molar-refractivity contribution in [1.82, 2.24) is 4.98 Å². The van der Waals surface area contributed by atoms with Crippen molar-refractivity contribution in [2.45, 2.75) is 24.3 Å². The first kappa shape index (κ1) is 9.78. The molecule has 1 saturated carbocycles. The van der Waals surface area contributed by atoms with E-state index in [-0.39, 0.29) is 12.8 Å². The molecule has 4 heteroatoms. The molecule has 84 valence electrons. The van der Waals surface area contributed by atoms with Crippen molar-refractivity contribution in [3.63, 3.8) is 0 Å². The molecule has 0 unspecified atom stereocenters. The lowest BCUT2D eigenvalue weighted by Gasteiger charge is -2.43. The fourth-order valence-electron chi connectivity index (χ4n) is 2.40. The van der Waals surface area contributed by atoms with E-state index >= 15 is 0 Å². The normalized spacial score (nSPS) is 21.9. The second kappa shape index (κ2) is 2.83. The molecule has 0 radical (unpaired) electrons. The Bertz CT molecular complexity index is 504. The smallest absolute Gasteiger partial charge is 0.252 e. The summed E-state index contributed by atoms with van der Waals surface area (Å²) in [5.41, 5.74) is 6.72. The molecule has 16 heavy (non-hydrogen) atoms. The quantitative estimate of drug-likeness (QED) is 0.765. The van der Waals surface area contributed by atoms with E-state index in [4.69, 9.17) is 5.73 Å². The molecular formula is C12H12F2N2. The van der Waals surface area contributed by atoms with E-state index in [9.17, 15) is 8.78 Å². The van der Waals surface area contributed by atoms with Crippen molar-refractivity contribution in [2.75, 3.05) is 0 Å². The summed E-state index contributed by atoms with van der Waals surface area (Å²) in [6.45, 7) is 0. The zero-order valence-electron chi connectivity index (χ0n) is 8.63. The first-order chi connectivity index (χ1) is 7.49. The minimum absolute atomic E-state index is 0.271. The molecule has 1 fully saturated rings. The van der Waals surface area contributed by atoms with Crippen LogP contribution in [0.25, 0.3) is 10.9 Å². The Hall–Kier alpha value is -1.42. The number of halogens is 2. The van der Waals surface area contributed by atoms with E-state index in [0.717, 1.165) is 10.9 Å². The highest BCUT2D eigenvalue weighted by Gasteiger charge is 2.55. The fraction of sp³-hybridized carbons (Fsp3) is 0.333. The first-order valence-electron chi connectivity index (χ1n) is 5.24. The average molecular weight is 222 g/mol. The van der Waals surface area contributed by atoms with Gasteiger partial charge in [-0.1, -0.05) is 18.2 Å². The van der Waals surface area contributed by atoms with Crippen LogP contribution in [0.2, 0.25) is 0 Å². The number of hydrogen-bond acceptors (Lipinski definition) is 1. The monoisotopic (exact) mass is 222 g/mol. The predicted molar refractivity (Wildman–Crippen MR) is 58.3 cm³/mol. The molecule has 2 nitrogen and oxygen atoms in total. The summed E-state index contributed by atoms with van der Waals surface area (Å²) in [6.07, 6.45) is -0.542. The van der Waals surface area contributed by atoms with E-state index in [1.165, 1.54) is 0 Å². The van der Waals surface area contributed by atoms with Gasteiger partial charge in [0.25, 0.3) is 5.92 Å². The largest absolute Gasteiger partial charge is 0.357 e. The van der Waals surface area contributed by atoms with Crippen molar-refractivity contribution in [1.29, 1.82) is 0 Å². The average Bonchev–Trinajstić information content (AvgIpc) is 2.57. The number of H-pyrrole nitrogens is 1. The zero-order valence-corrected chi connectivity index (χ0v) is 8.63. The Labute approximate surface area is 91.4 Å². The molecule has 0 spiro atoms. The van der Waals surface area contributed by atoms with E-state index in [0.29, 0.717) is 5.69 Å².